The highest BCUT2D eigenvalue weighted by Crippen LogP contribution is 1.97. The van der Waals surface area contributed by atoms with Gasteiger partial charge in [-0.2, -0.15) is 0 Å². The molecule has 0 aliphatic carbocycles. The summed E-state index contributed by atoms with van der Waals surface area (Å²) >= 11 is 0. The number of halogens is 1. The van der Waals surface area contributed by atoms with Crippen LogP contribution in [0.3, 0.4) is 0 Å². The van der Waals surface area contributed by atoms with Crippen LogP contribution in [0.25, 0.3) is 0 Å². The Morgan fingerprint density at radius 2 is 1.86 bits per heavy atom. The van der Waals surface area contributed by atoms with E-state index in [1.165, 1.54) is 0 Å². The first-order valence-electron chi connectivity index (χ1n) is 7.30. The molecule has 7 heteroatoms. The third kappa shape index (κ3) is 15.6. The second kappa shape index (κ2) is 13.1. The third-order valence-corrected chi connectivity index (χ3v) is 2.20. The van der Waals surface area contributed by atoms with Crippen LogP contribution >= 0.6 is 24.0 Å². The van der Waals surface area contributed by atoms with E-state index in [1.807, 2.05) is 34.6 Å². The van der Waals surface area contributed by atoms with Gasteiger partial charge in [0.2, 0.25) is 5.91 Å². The van der Waals surface area contributed by atoms with Gasteiger partial charge in [-0.05, 0) is 41.0 Å². The maximum absolute atomic E-state index is 11.7. The average Bonchev–Trinajstić information content (AvgIpc) is 2.33. The summed E-state index contributed by atoms with van der Waals surface area (Å²) in [4.78, 5) is 15.9. The number of nitrogens with one attached hydrogen (secondary N) is 3. The molecule has 0 rings (SSSR count). The molecule has 0 fully saturated rings. The molecular formula is C14H31IN4O2. The van der Waals surface area contributed by atoms with Crippen molar-refractivity contribution in [2.24, 2.45) is 4.99 Å². The van der Waals surface area contributed by atoms with Crippen molar-refractivity contribution in [1.82, 2.24) is 16.0 Å². The number of aliphatic imine (C=N–C) groups is 1. The van der Waals surface area contributed by atoms with E-state index >= 15 is 0 Å². The molecular weight excluding hydrogens is 383 g/mol. The van der Waals surface area contributed by atoms with Crippen LogP contribution in [0.1, 0.15) is 41.0 Å². The van der Waals surface area contributed by atoms with Crippen LogP contribution in [0.5, 0.6) is 0 Å². The zero-order valence-corrected chi connectivity index (χ0v) is 16.2. The Kier molecular flexibility index (Phi) is 14.2. The monoisotopic (exact) mass is 414 g/mol. The summed E-state index contributed by atoms with van der Waals surface area (Å²) in [6.07, 6.45) is 0.909. The van der Waals surface area contributed by atoms with E-state index < -0.39 is 0 Å². The van der Waals surface area contributed by atoms with Gasteiger partial charge in [-0.3, -0.25) is 4.79 Å². The van der Waals surface area contributed by atoms with E-state index in [-0.39, 0.29) is 42.0 Å². The van der Waals surface area contributed by atoms with Gasteiger partial charge in [0.1, 0.15) is 6.54 Å². The SMILES string of the molecule is CCNC(=NCC(=O)NC(C)(C)C)NCCCOCC.I. The summed E-state index contributed by atoms with van der Waals surface area (Å²) in [5.41, 5.74) is -0.226. The zero-order chi connectivity index (χ0) is 15.4. The molecule has 0 saturated heterocycles. The summed E-state index contributed by atoms with van der Waals surface area (Å²) in [5.74, 6) is 0.581. The predicted molar refractivity (Wildman–Crippen MR) is 98.4 cm³/mol. The Hall–Kier alpha value is -0.570. The Morgan fingerprint density at radius 1 is 1.19 bits per heavy atom. The van der Waals surface area contributed by atoms with Gasteiger partial charge in [-0.15, -0.1) is 24.0 Å². The minimum Gasteiger partial charge on any atom is -0.382 e. The quantitative estimate of drug-likeness (QED) is 0.244. The molecule has 0 bridgehead atoms. The topological polar surface area (TPSA) is 74.8 Å². The van der Waals surface area contributed by atoms with E-state index in [0.29, 0.717) is 5.96 Å². The Balaban J connectivity index is 0. The Morgan fingerprint density at radius 3 is 2.38 bits per heavy atom. The fourth-order valence-electron chi connectivity index (χ4n) is 1.48. The fraction of sp³-hybridized carbons (Fsp3) is 0.857. The fourth-order valence-corrected chi connectivity index (χ4v) is 1.48. The number of amides is 1. The highest BCUT2D eigenvalue weighted by molar-refractivity contribution is 14.0. The largest absolute Gasteiger partial charge is 0.382 e. The number of hydrogen-bond acceptors (Lipinski definition) is 3. The standard InChI is InChI=1S/C14H30N4O2.HI/c1-6-15-13(16-9-8-10-20-7-2)17-11-12(19)18-14(3,4)5;/h6-11H2,1-5H3,(H,18,19)(H2,15,16,17);1H. The highest BCUT2D eigenvalue weighted by Gasteiger charge is 2.13. The number of ether oxygens (including phenoxy) is 1. The Bertz CT molecular complexity index is 304. The third-order valence-electron chi connectivity index (χ3n) is 2.20. The maximum atomic E-state index is 11.7. The molecule has 0 spiro atoms. The van der Waals surface area contributed by atoms with E-state index in [9.17, 15) is 4.79 Å². The highest BCUT2D eigenvalue weighted by atomic mass is 127. The van der Waals surface area contributed by atoms with E-state index in [1.54, 1.807) is 0 Å². The van der Waals surface area contributed by atoms with E-state index in [0.717, 1.165) is 32.7 Å². The lowest BCUT2D eigenvalue weighted by Gasteiger charge is -2.20. The van der Waals surface area contributed by atoms with Crippen molar-refractivity contribution < 1.29 is 9.53 Å². The summed E-state index contributed by atoms with van der Waals surface area (Å²) < 4.78 is 5.26. The smallest absolute Gasteiger partial charge is 0.242 e. The number of guanidine groups is 1. The number of hydrogen-bond donors (Lipinski definition) is 3. The van der Waals surface area contributed by atoms with Crippen LogP contribution in [0.15, 0.2) is 4.99 Å². The first kappa shape index (κ1) is 22.7. The van der Waals surface area contributed by atoms with Crippen molar-refractivity contribution in [3.05, 3.63) is 0 Å². The molecule has 0 saturated carbocycles. The molecule has 0 atom stereocenters. The summed E-state index contributed by atoms with van der Waals surface area (Å²) in [6, 6.07) is 0. The number of carbonyl (C=O) groups excluding carboxylic acids is 1. The average molecular weight is 414 g/mol. The summed E-state index contributed by atoms with van der Waals surface area (Å²) in [6.45, 7) is 12.9. The number of carbonyl (C=O) groups is 1. The molecule has 1 amide bonds. The van der Waals surface area contributed by atoms with Gasteiger partial charge in [-0.25, -0.2) is 4.99 Å². The van der Waals surface area contributed by atoms with Crippen LogP contribution in [0.2, 0.25) is 0 Å². The lowest BCUT2D eigenvalue weighted by Crippen LogP contribution is -2.43. The van der Waals surface area contributed by atoms with Crippen LogP contribution in [-0.4, -0.2) is 50.3 Å². The van der Waals surface area contributed by atoms with Gasteiger partial charge in [0.15, 0.2) is 5.96 Å². The van der Waals surface area contributed by atoms with Gasteiger partial charge in [0.05, 0.1) is 0 Å². The second-order valence-electron chi connectivity index (χ2n) is 5.47. The normalized spacial score (nSPS) is 11.6. The molecule has 21 heavy (non-hydrogen) atoms. The molecule has 0 heterocycles. The molecule has 126 valence electrons. The molecule has 6 nitrogen and oxygen atoms in total. The van der Waals surface area contributed by atoms with Crippen LogP contribution in [-0.2, 0) is 9.53 Å². The van der Waals surface area contributed by atoms with Crippen molar-refractivity contribution in [1.29, 1.82) is 0 Å². The number of nitrogens with zero attached hydrogens (tertiary/aromatic N) is 1. The molecule has 0 aromatic carbocycles. The lowest BCUT2D eigenvalue weighted by atomic mass is 10.1. The minimum atomic E-state index is -0.226. The van der Waals surface area contributed by atoms with Gasteiger partial charge in [0.25, 0.3) is 0 Å². The van der Waals surface area contributed by atoms with Crippen LogP contribution in [0, 0.1) is 0 Å². The van der Waals surface area contributed by atoms with Crippen molar-refractivity contribution >= 4 is 35.8 Å². The summed E-state index contributed by atoms with van der Waals surface area (Å²) in [5, 5.41) is 9.17. The van der Waals surface area contributed by atoms with Crippen LogP contribution < -0.4 is 16.0 Å². The van der Waals surface area contributed by atoms with E-state index in [2.05, 4.69) is 20.9 Å². The second-order valence-corrected chi connectivity index (χ2v) is 5.47. The summed E-state index contributed by atoms with van der Waals surface area (Å²) in [7, 11) is 0. The zero-order valence-electron chi connectivity index (χ0n) is 13.9. The minimum absolute atomic E-state index is 0. The van der Waals surface area contributed by atoms with Crippen molar-refractivity contribution in [2.75, 3.05) is 32.8 Å². The first-order valence-corrected chi connectivity index (χ1v) is 7.30. The molecule has 0 unspecified atom stereocenters. The number of rotatable bonds is 8. The van der Waals surface area contributed by atoms with Crippen molar-refractivity contribution in [2.45, 2.75) is 46.6 Å². The van der Waals surface area contributed by atoms with E-state index in [4.69, 9.17) is 4.74 Å². The van der Waals surface area contributed by atoms with Gasteiger partial charge in [-0.1, -0.05) is 0 Å². The van der Waals surface area contributed by atoms with Gasteiger partial charge >= 0.3 is 0 Å². The molecule has 3 N–H and O–H groups in total. The molecule has 0 radical (unpaired) electrons. The van der Waals surface area contributed by atoms with Crippen molar-refractivity contribution in [3.8, 4) is 0 Å². The predicted octanol–water partition coefficient (Wildman–Crippen LogP) is 1.50. The first-order chi connectivity index (χ1) is 9.39. The molecule has 0 aromatic heterocycles. The lowest BCUT2D eigenvalue weighted by molar-refractivity contribution is -0.121. The van der Waals surface area contributed by atoms with Crippen molar-refractivity contribution in [3.63, 3.8) is 0 Å². The Labute approximate surface area is 145 Å². The van der Waals surface area contributed by atoms with Gasteiger partial charge in [0, 0.05) is 31.8 Å². The van der Waals surface area contributed by atoms with Crippen LogP contribution in [0.4, 0.5) is 0 Å². The molecule has 0 aliphatic heterocycles. The molecule has 0 aliphatic rings. The van der Waals surface area contributed by atoms with Gasteiger partial charge < -0.3 is 20.7 Å². The maximum Gasteiger partial charge on any atom is 0.242 e. The molecule has 0 aromatic rings.